The Balaban J connectivity index is 0.00000109. The molecule has 136 valence electrons. The summed E-state index contributed by atoms with van der Waals surface area (Å²) >= 11 is 0. The van der Waals surface area contributed by atoms with E-state index in [0.29, 0.717) is 30.8 Å². The van der Waals surface area contributed by atoms with Crippen LogP contribution in [0.5, 0.6) is 0 Å². The van der Waals surface area contributed by atoms with Crippen molar-refractivity contribution in [2.45, 2.75) is 13.5 Å². The van der Waals surface area contributed by atoms with E-state index in [1.54, 1.807) is 10.6 Å². The number of aliphatic hydroxyl groups excluding tert-OH is 1. The molecule has 1 fully saturated rings. The van der Waals surface area contributed by atoms with Gasteiger partial charge in [0.25, 0.3) is 0 Å². The third-order valence-corrected chi connectivity index (χ3v) is 4.18. The molecular weight excluding hydrogens is 329 g/mol. The number of hydrogen-bond acceptors (Lipinski definition) is 5. The molecule has 0 radical (unpaired) electrons. The van der Waals surface area contributed by atoms with E-state index in [2.05, 4.69) is 5.32 Å². The second kappa shape index (κ2) is 8.09. The third-order valence-electron chi connectivity index (χ3n) is 4.18. The molecule has 25 heavy (non-hydrogen) atoms. The average molecular weight is 351 g/mol. The molecule has 0 spiro atoms. The normalized spacial score (nSPS) is 14.2. The Kier molecular flexibility index (Phi) is 6.11. The number of carboxylic acid groups (broad SMARTS) is 1. The van der Waals surface area contributed by atoms with Gasteiger partial charge in [-0.3, -0.25) is 4.79 Å². The van der Waals surface area contributed by atoms with Gasteiger partial charge >= 0.3 is 5.97 Å². The fourth-order valence-electron chi connectivity index (χ4n) is 2.96. The van der Waals surface area contributed by atoms with Crippen LogP contribution in [0.2, 0.25) is 0 Å². The van der Waals surface area contributed by atoms with Gasteiger partial charge in [0.05, 0.1) is 11.2 Å². The summed E-state index contributed by atoms with van der Waals surface area (Å²) in [5.41, 5.74) is 0.0118. The largest absolute Gasteiger partial charge is 0.477 e. The maximum Gasteiger partial charge on any atom is 0.341 e. The summed E-state index contributed by atoms with van der Waals surface area (Å²) in [5, 5.41) is 19.5. The second-order valence-electron chi connectivity index (χ2n) is 5.52. The van der Waals surface area contributed by atoms with E-state index in [-0.39, 0.29) is 10.9 Å². The molecule has 3 rings (SSSR count). The van der Waals surface area contributed by atoms with Crippen LogP contribution in [-0.4, -0.2) is 54.0 Å². The van der Waals surface area contributed by atoms with E-state index in [1.807, 2.05) is 11.8 Å². The first kappa shape index (κ1) is 18.9. The molecule has 8 heteroatoms. The maximum absolute atomic E-state index is 14.5. The van der Waals surface area contributed by atoms with E-state index in [9.17, 15) is 14.0 Å². The van der Waals surface area contributed by atoms with Gasteiger partial charge in [-0.25, -0.2) is 9.18 Å². The van der Waals surface area contributed by atoms with Crippen molar-refractivity contribution in [2.75, 3.05) is 38.2 Å². The van der Waals surface area contributed by atoms with Crippen molar-refractivity contribution in [1.29, 1.82) is 0 Å². The molecule has 2 heterocycles. The third kappa shape index (κ3) is 3.64. The molecule has 3 N–H and O–H groups in total. The van der Waals surface area contributed by atoms with Crippen LogP contribution in [0, 0.1) is 5.82 Å². The fourth-order valence-corrected chi connectivity index (χ4v) is 2.96. The number of carboxylic acids is 1. The first-order valence-electron chi connectivity index (χ1n) is 8.03. The van der Waals surface area contributed by atoms with Crippen molar-refractivity contribution in [2.24, 2.45) is 0 Å². The van der Waals surface area contributed by atoms with Crippen molar-refractivity contribution >= 4 is 22.6 Å². The topological polar surface area (TPSA) is 94.8 Å². The lowest BCUT2D eigenvalue weighted by molar-refractivity contribution is 0.0695. The molecule has 1 aromatic carbocycles. The minimum atomic E-state index is -1.30. The van der Waals surface area contributed by atoms with Crippen LogP contribution in [0.4, 0.5) is 10.1 Å². The van der Waals surface area contributed by atoms with Gasteiger partial charge < -0.3 is 25.0 Å². The van der Waals surface area contributed by atoms with Crippen molar-refractivity contribution in [1.82, 2.24) is 9.88 Å². The predicted molar refractivity (Wildman–Crippen MR) is 94.0 cm³/mol. The first-order valence-corrected chi connectivity index (χ1v) is 8.03. The molecule has 0 bridgehead atoms. The number of fused-ring (bicyclic) bond motifs is 1. The highest BCUT2D eigenvalue weighted by atomic mass is 19.1. The molecule has 2 aromatic rings. The molecule has 1 saturated heterocycles. The summed E-state index contributed by atoms with van der Waals surface area (Å²) in [4.78, 5) is 25.4. The Bertz CT molecular complexity index is 829. The molecule has 0 amide bonds. The van der Waals surface area contributed by atoms with E-state index in [4.69, 9.17) is 10.2 Å². The number of aromatic carboxylic acids is 1. The van der Waals surface area contributed by atoms with E-state index >= 15 is 0 Å². The Morgan fingerprint density at radius 3 is 2.48 bits per heavy atom. The average Bonchev–Trinajstić information content (AvgIpc) is 2.64. The highest BCUT2D eigenvalue weighted by molar-refractivity contribution is 5.93. The number of piperazine rings is 1. The van der Waals surface area contributed by atoms with Crippen LogP contribution in [0.15, 0.2) is 23.1 Å². The number of halogens is 1. The van der Waals surface area contributed by atoms with Crippen LogP contribution < -0.4 is 15.6 Å². The van der Waals surface area contributed by atoms with Gasteiger partial charge in [0.15, 0.2) is 0 Å². The monoisotopic (exact) mass is 351 g/mol. The van der Waals surface area contributed by atoms with Crippen molar-refractivity contribution in [3.05, 3.63) is 39.9 Å². The van der Waals surface area contributed by atoms with Gasteiger partial charge in [-0.15, -0.1) is 0 Å². The number of rotatable bonds is 3. The van der Waals surface area contributed by atoms with Crippen molar-refractivity contribution in [3.8, 4) is 0 Å². The fraction of sp³-hybridized carbons (Fsp3) is 0.412. The summed E-state index contributed by atoms with van der Waals surface area (Å²) < 4.78 is 16.2. The van der Waals surface area contributed by atoms with Gasteiger partial charge in [0.2, 0.25) is 5.43 Å². The van der Waals surface area contributed by atoms with Crippen LogP contribution in [0.3, 0.4) is 0 Å². The molecule has 1 aliphatic rings. The number of benzene rings is 1. The molecule has 7 nitrogen and oxygen atoms in total. The van der Waals surface area contributed by atoms with Crippen LogP contribution in [0.25, 0.3) is 10.9 Å². The van der Waals surface area contributed by atoms with Crippen molar-refractivity contribution < 1.29 is 19.4 Å². The van der Waals surface area contributed by atoms with E-state index < -0.39 is 17.2 Å². The summed E-state index contributed by atoms with van der Waals surface area (Å²) in [5.74, 6) is -1.80. The zero-order valence-corrected chi connectivity index (χ0v) is 14.3. The lowest BCUT2D eigenvalue weighted by atomic mass is 10.1. The van der Waals surface area contributed by atoms with Gasteiger partial charge in [-0.05, 0) is 19.1 Å². The van der Waals surface area contributed by atoms with E-state index in [1.165, 1.54) is 6.20 Å². The molecule has 1 aromatic heterocycles. The number of aliphatic hydroxyl groups is 1. The quantitative estimate of drug-likeness (QED) is 0.760. The number of pyridine rings is 1. The molecule has 0 saturated carbocycles. The molecule has 1 aliphatic heterocycles. The highest BCUT2D eigenvalue weighted by Gasteiger charge is 2.19. The Labute approximate surface area is 144 Å². The number of anilines is 1. The second-order valence-corrected chi connectivity index (χ2v) is 5.52. The van der Waals surface area contributed by atoms with Gasteiger partial charge in [-0.2, -0.15) is 0 Å². The van der Waals surface area contributed by atoms with Gasteiger partial charge in [0, 0.05) is 51.4 Å². The first-order chi connectivity index (χ1) is 12.0. The SMILES string of the molecule is CCn1cc(C(=O)O)c(=O)c2cc(F)c(N3CCNCC3)cc21.CO. The van der Waals surface area contributed by atoms with Crippen molar-refractivity contribution in [3.63, 3.8) is 0 Å². The van der Waals surface area contributed by atoms with Crippen LogP contribution in [-0.2, 0) is 6.54 Å². The zero-order chi connectivity index (χ0) is 18.6. The number of nitrogens with zero attached hydrogens (tertiary/aromatic N) is 2. The molecule has 0 atom stereocenters. The van der Waals surface area contributed by atoms with Crippen LogP contribution in [0.1, 0.15) is 17.3 Å². The number of nitrogens with one attached hydrogen (secondary N) is 1. The Hall–Kier alpha value is -2.45. The Morgan fingerprint density at radius 2 is 1.92 bits per heavy atom. The van der Waals surface area contributed by atoms with Crippen LogP contribution >= 0.6 is 0 Å². The minimum absolute atomic E-state index is 0.100. The number of carbonyl (C=O) groups is 1. The van der Waals surface area contributed by atoms with Gasteiger partial charge in [-0.1, -0.05) is 0 Å². The molecular formula is C17H22FN3O4. The standard InChI is InChI=1S/C16H18FN3O3.CH4O/c1-2-19-9-11(16(22)23)15(21)10-7-12(17)14(8-13(10)19)20-5-3-18-4-6-20;1-2/h7-9,18H,2-6H2,1H3,(H,22,23);2H,1H3. The minimum Gasteiger partial charge on any atom is -0.477 e. The highest BCUT2D eigenvalue weighted by Crippen LogP contribution is 2.25. The van der Waals surface area contributed by atoms with E-state index in [0.717, 1.165) is 26.3 Å². The smallest absolute Gasteiger partial charge is 0.341 e. The summed E-state index contributed by atoms with van der Waals surface area (Å²) in [6.07, 6.45) is 1.33. The Morgan fingerprint density at radius 1 is 1.28 bits per heavy atom. The lowest BCUT2D eigenvalue weighted by Crippen LogP contribution is -2.43. The number of hydrogen-bond donors (Lipinski definition) is 3. The molecule has 0 aliphatic carbocycles. The zero-order valence-electron chi connectivity index (χ0n) is 14.3. The molecule has 0 unspecified atom stereocenters. The number of aryl methyl sites for hydroxylation is 1. The summed E-state index contributed by atoms with van der Waals surface area (Å²) in [6, 6.07) is 2.81. The lowest BCUT2D eigenvalue weighted by Gasteiger charge is -2.30. The number of aromatic nitrogens is 1. The predicted octanol–water partition coefficient (Wildman–Crippen LogP) is 0.877. The summed E-state index contributed by atoms with van der Waals surface area (Å²) in [6.45, 7) is 5.26. The summed E-state index contributed by atoms with van der Waals surface area (Å²) in [7, 11) is 1.00. The maximum atomic E-state index is 14.5. The van der Waals surface area contributed by atoms with Gasteiger partial charge in [0.1, 0.15) is 11.4 Å².